The van der Waals surface area contributed by atoms with E-state index in [1.54, 1.807) is 0 Å². The third kappa shape index (κ3) is 4.54. The van der Waals surface area contributed by atoms with Crippen LogP contribution in [-0.2, 0) is 11.0 Å². The van der Waals surface area contributed by atoms with Crippen LogP contribution in [-0.4, -0.2) is 46.3 Å². The molecule has 1 saturated heterocycles. The summed E-state index contributed by atoms with van der Waals surface area (Å²) in [5, 5.41) is 8.25. The van der Waals surface area contributed by atoms with Crippen LogP contribution < -0.4 is 0 Å². The minimum absolute atomic E-state index is 0.0426. The Morgan fingerprint density at radius 3 is 2.70 bits per heavy atom. The van der Waals surface area contributed by atoms with Crippen molar-refractivity contribution < 1.29 is 27.5 Å². The second-order valence-electron chi connectivity index (χ2n) is 4.82. The molecule has 1 N–H and O–H groups in total. The summed E-state index contributed by atoms with van der Waals surface area (Å²) in [6.07, 6.45) is -4.73. The van der Waals surface area contributed by atoms with Crippen molar-refractivity contribution >= 4 is 29.4 Å². The molecule has 0 aromatic heterocycles. The molecule has 1 aromatic rings. The van der Waals surface area contributed by atoms with Gasteiger partial charge in [-0.05, 0) is 17.7 Å². The molecule has 23 heavy (non-hydrogen) atoms. The highest BCUT2D eigenvalue weighted by molar-refractivity contribution is 8.00. The highest BCUT2D eigenvalue weighted by Gasteiger charge is 2.36. The van der Waals surface area contributed by atoms with Crippen LogP contribution in [0, 0.1) is 5.82 Å². The summed E-state index contributed by atoms with van der Waals surface area (Å²) < 4.78 is 51.5. The molecule has 1 aliphatic heterocycles. The number of halogens is 4. The van der Waals surface area contributed by atoms with Crippen LogP contribution in [0.15, 0.2) is 18.2 Å². The first-order valence-electron chi connectivity index (χ1n) is 6.81. The maximum absolute atomic E-state index is 13.7. The minimum atomic E-state index is -4.73. The zero-order chi connectivity index (χ0) is 17.0. The molecular weight excluding hydrogens is 354 g/mol. The van der Waals surface area contributed by atoms with Gasteiger partial charge in [0.15, 0.2) is 0 Å². The van der Waals surface area contributed by atoms with Gasteiger partial charge in [-0.1, -0.05) is 6.07 Å². The number of thioether (sulfide) groups is 2. The lowest BCUT2D eigenvalue weighted by atomic mass is 10.1. The highest BCUT2D eigenvalue weighted by Crippen LogP contribution is 2.40. The van der Waals surface area contributed by atoms with E-state index in [4.69, 9.17) is 5.11 Å². The molecule has 0 aliphatic carbocycles. The number of rotatable bonds is 6. The summed E-state index contributed by atoms with van der Waals surface area (Å²) >= 11 is 2.74. The van der Waals surface area contributed by atoms with Crippen LogP contribution in [0.1, 0.15) is 16.5 Å². The van der Waals surface area contributed by atoms with Gasteiger partial charge in [0, 0.05) is 18.1 Å². The van der Waals surface area contributed by atoms with Crippen molar-refractivity contribution in [2.75, 3.05) is 30.4 Å². The summed E-state index contributed by atoms with van der Waals surface area (Å²) in [6, 6.07) is 2.79. The Morgan fingerprint density at radius 1 is 1.35 bits per heavy atom. The molecule has 1 atom stereocenters. The lowest BCUT2D eigenvalue weighted by molar-refractivity contribution is -0.140. The van der Waals surface area contributed by atoms with Crippen molar-refractivity contribution in [2.24, 2.45) is 0 Å². The van der Waals surface area contributed by atoms with Gasteiger partial charge in [-0.15, -0.1) is 11.8 Å². The Hall–Kier alpha value is -0.930. The van der Waals surface area contributed by atoms with Gasteiger partial charge in [0.1, 0.15) is 11.2 Å². The smallest absolute Gasteiger partial charge is 0.396 e. The number of benzene rings is 1. The van der Waals surface area contributed by atoms with Crippen molar-refractivity contribution in [3.05, 3.63) is 35.1 Å². The lowest BCUT2D eigenvalue weighted by Crippen LogP contribution is -2.30. The standard InChI is InChI=1S/C14H15F4NO2S2/c15-11-7-9(1-2-10(11)14(16,17)18)13-19(12(21)8-23-13)3-5-22-6-4-20/h1-2,7,13,20H,3-6,8H2. The zero-order valence-electron chi connectivity index (χ0n) is 12.0. The predicted octanol–water partition coefficient (Wildman–Crippen LogP) is 3.14. The van der Waals surface area contributed by atoms with Gasteiger partial charge in [-0.25, -0.2) is 4.39 Å². The predicted molar refractivity (Wildman–Crippen MR) is 82.7 cm³/mol. The fourth-order valence-electron chi connectivity index (χ4n) is 2.22. The van der Waals surface area contributed by atoms with Crippen LogP contribution in [0.5, 0.6) is 0 Å². The molecule has 1 aromatic carbocycles. The number of aliphatic hydroxyl groups is 1. The van der Waals surface area contributed by atoms with Crippen LogP contribution in [0.25, 0.3) is 0 Å². The van der Waals surface area contributed by atoms with Gasteiger partial charge >= 0.3 is 6.18 Å². The van der Waals surface area contributed by atoms with Gasteiger partial charge in [0.05, 0.1) is 17.9 Å². The molecule has 1 amide bonds. The first-order valence-corrected chi connectivity index (χ1v) is 9.01. The number of carbonyl (C=O) groups excluding carboxylic acids is 1. The maximum Gasteiger partial charge on any atom is 0.419 e. The molecule has 0 saturated carbocycles. The second kappa shape index (κ2) is 7.76. The lowest BCUT2D eigenvalue weighted by Gasteiger charge is -2.24. The van der Waals surface area contributed by atoms with Crippen molar-refractivity contribution in [3.8, 4) is 0 Å². The Morgan fingerprint density at radius 2 is 2.09 bits per heavy atom. The molecule has 1 heterocycles. The van der Waals surface area contributed by atoms with E-state index in [0.29, 0.717) is 29.7 Å². The van der Waals surface area contributed by atoms with Crippen LogP contribution in [0.3, 0.4) is 0 Å². The normalized spacial score (nSPS) is 18.7. The first kappa shape index (κ1) is 18.4. The Balaban J connectivity index is 2.13. The van der Waals surface area contributed by atoms with E-state index in [2.05, 4.69) is 0 Å². The molecule has 1 aliphatic rings. The SMILES string of the molecule is O=C1CSC(c2ccc(C(F)(F)F)c(F)c2)N1CCSCCO. The van der Waals surface area contributed by atoms with E-state index in [9.17, 15) is 22.4 Å². The summed E-state index contributed by atoms with van der Waals surface area (Å²) in [7, 11) is 0. The number of hydrogen-bond donors (Lipinski definition) is 1. The molecule has 2 rings (SSSR count). The quantitative estimate of drug-likeness (QED) is 0.618. The first-order chi connectivity index (χ1) is 10.8. The monoisotopic (exact) mass is 369 g/mol. The molecule has 0 bridgehead atoms. The number of hydrogen-bond acceptors (Lipinski definition) is 4. The molecule has 3 nitrogen and oxygen atoms in total. The van der Waals surface area contributed by atoms with Crippen LogP contribution in [0.2, 0.25) is 0 Å². The van der Waals surface area contributed by atoms with Gasteiger partial charge < -0.3 is 10.0 Å². The topological polar surface area (TPSA) is 40.5 Å². The van der Waals surface area contributed by atoms with E-state index < -0.39 is 22.9 Å². The number of alkyl halides is 3. The van der Waals surface area contributed by atoms with E-state index >= 15 is 0 Å². The van der Waals surface area contributed by atoms with E-state index in [0.717, 1.165) is 6.07 Å². The van der Waals surface area contributed by atoms with Crippen LogP contribution >= 0.6 is 23.5 Å². The van der Waals surface area contributed by atoms with Gasteiger partial charge in [0.25, 0.3) is 0 Å². The van der Waals surface area contributed by atoms with Crippen molar-refractivity contribution in [3.63, 3.8) is 0 Å². The number of carbonyl (C=O) groups is 1. The Kier molecular flexibility index (Phi) is 6.21. The summed E-state index contributed by atoms with van der Waals surface area (Å²) in [5.74, 6) is -0.0754. The number of nitrogens with zero attached hydrogens (tertiary/aromatic N) is 1. The Bertz CT molecular complexity index is 568. The van der Waals surface area contributed by atoms with Crippen molar-refractivity contribution in [2.45, 2.75) is 11.6 Å². The molecule has 128 valence electrons. The van der Waals surface area contributed by atoms with E-state index in [1.807, 2.05) is 0 Å². The van der Waals surface area contributed by atoms with Crippen LogP contribution in [0.4, 0.5) is 17.6 Å². The summed E-state index contributed by atoms with van der Waals surface area (Å²) in [5.41, 5.74) is -0.959. The van der Waals surface area contributed by atoms with Gasteiger partial charge in [-0.3, -0.25) is 4.79 Å². The number of aliphatic hydroxyl groups excluding tert-OH is 1. The average Bonchev–Trinajstić information content (AvgIpc) is 2.83. The molecule has 0 radical (unpaired) electrons. The van der Waals surface area contributed by atoms with E-state index in [1.165, 1.54) is 34.5 Å². The molecule has 0 spiro atoms. The second-order valence-corrected chi connectivity index (χ2v) is 7.12. The van der Waals surface area contributed by atoms with Crippen molar-refractivity contribution in [1.82, 2.24) is 4.90 Å². The largest absolute Gasteiger partial charge is 0.419 e. The molecular formula is C14H15F4NO2S2. The number of amides is 1. The average molecular weight is 369 g/mol. The minimum Gasteiger partial charge on any atom is -0.396 e. The van der Waals surface area contributed by atoms with Gasteiger partial charge in [0.2, 0.25) is 5.91 Å². The fraction of sp³-hybridized carbons (Fsp3) is 0.500. The maximum atomic E-state index is 13.7. The Labute approximate surface area is 139 Å². The highest BCUT2D eigenvalue weighted by atomic mass is 32.2. The molecule has 1 unspecified atom stereocenters. The van der Waals surface area contributed by atoms with E-state index in [-0.39, 0.29) is 18.3 Å². The fourth-order valence-corrected chi connectivity index (χ4v) is 4.08. The van der Waals surface area contributed by atoms with Crippen molar-refractivity contribution in [1.29, 1.82) is 0 Å². The van der Waals surface area contributed by atoms with Gasteiger partial charge in [-0.2, -0.15) is 24.9 Å². The zero-order valence-corrected chi connectivity index (χ0v) is 13.6. The third-order valence-corrected chi connectivity index (χ3v) is 5.46. The third-order valence-electron chi connectivity index (χ3n) is 3.26. The molecule has 9 heteroatoms. The summed E-state index contributed by atoms with van der Waals surface area (Å²) in [4.78, 5) is 13.4. The molecule has 1 fully saturated rings. The summed E-state index contributed by atoms with van der Waals surface area (Å²) in [6.45, 7) is 0.449.